The summed E-state index contributed by atoms with van der Waals surface area (Å²) in [6, 6.07) is 9.86. The highest BCUT2D eigenvalue weighted by atomic mass is 16.2. The van der Waals surface area contributed by atoms with Crippen LogP contribution >= 0.6 is 0 Å². The molecule has 3 heterocycles. The second kappa shape index (κ2) is 8.04. The van der Waals surface area contributed by atoms with E-state index in [0.29, 0.717) is 13.1 Å². The number of carbonyl (C=O) groups excluding carboxylic acids is 1. The molecule has 0 unspecified atom stereocenters. The van der Waals surface area contributed by atoms with Crippen LogP contribution < -0.4 is 15.1 Å². The number of nitrogens with zero attached hydrogens (tertiary/aromatic N) is 5. The Hall–Kier alpha value is -2.83. The number of hydrogen-bond donors (Lipinski definition) is 1. The van der Waals surface area contributed by atoms with E-state index in [1.807, 2.05) is 49.1 Å². The number of urea groups is 1. The summed E-state index contributed by atoms with van der Waals surface area (Å²) in [7, 11) is 0. The van der Waals surface area contributed by atoms with Crippen LogP contribution in [0.3, 0.4) is 0 Å². The highest BCUT2D eigenvalue weighted by molar-refractivity contribution is 5.90. The largest absolute Gasteiger partial charge is 0.353 e. The van der Waals surface area contributed by atoms with Gasteiger partial charge in [-0.15, -0.1) is 0 Å². The number of para-hydroxylation sites is 1. The van der Waals surface area contributed by atoms with Gasteiger partial charge in [0.2, 0.25) is 5.95 Å². The van der Waals surface area contributed by atoms with Crippen molar-refractivity contribution >= 4 is 23.5 Å². The van der Waals surface area contributed by atoms with Crippen LogP contribution in [0.4, 0.5) is 22.2 Å². The number of nitrogens with one attached hydrogen (secondary N) is 1. The van der Waals surface area contributed by atoms with Crippen molar-refractivity contribution < 1.29 is 4.79 Å². The third-order valence-corrected chi connectivity index (χ3v) is 5.50. The van der Waals surface area contributed by atoms with Crippen LogP contribution in [0.25, 0.3) is 0 Å². The first-order valence-corrected chi connectivity index (χ1v) is 10.1. The highest BCUT2D eigenvalue weighted by Gasteiger charge is 2.24. The quantitative estimate of drug-likeness (QED) is 0.887. The van der Waals surface area contributed by atoms with E-state index in [9.17, 15) is 4.79 Å². The zero-order valence-corrected chi connectivity index (χ0v) is 16.7. The van der Waals surface area contributed by atoms with Crippen LogP contribution in [0.5, 0.6) is 0 Å². The molecule has 2 aliphatic heterocycles. The molecule has 0 radical (unpaired) electrons. The molecule has 1 N–H and O–H groups in total. The van der Waals surface area contributed by atoms with Gasteiger partial charge in [-0.1, -0.05) is 18.2 Å². The van der Waals surface area contributed by atoms with E-state index >= 15 is 0 Å². The van der Waals surface area contributed by atoms with Crippen LogP contribution in [0.1, 0.15) is 24.1 Å². The summed E-state index contributed by atoms with van der Waals surface area (Å²) in [5, 5.41) is 3.03. The number of benzene rings is 1. The summed E-state index contributed by atoms with van der Waals surface area (Å²) >= 11 is 0. The summed E-state index contributed by atoms with van der Waals surface area (Å²) in [5.41, 5.74) is 2.93. The standard InChI is InChI=1S/C21H28N6O/c1-16-7-3-4-8-18(16)23-21(28)27-13-11-25(12-14-27)19-15-17(2)22-20(24-19)26-9-5-6-10-26/h3-4,7-8,15H,5-6,9-14H2,1-2H3,(H,23,28). The lowest BCUT2D eigenvalue weighted by Gasteiger charge is -2.35. The van der Waals surface area contributed by atoms with E-state index in [4.69, 9.17) is 4.98 Å². The highest BCUT2D eigenvalue weighted by Crippen LogP contribution is 2.22. The van der Waals surface area contributed by atoms with Crippen LogP contribution in [0, 0.1) is 13.8 Å². The minimum atomic E-state index is -0.0365. The Labute approximate surface area is 166 Å². The molecule has 148 valence electrons. The Bertz CT molecular complexity index is 841. The SMILES string of the molecule is Cc1cc(N2CCN(C(=O)Nc3ccccc3C)CC2)nc(N2CCCC2)n1. The third kappa shape index (κ3) is 4.03. The number of amides is 2. The predicted octanol–water partition coefficient (Wildman–Crippen LogP) is 3.05. The second-order valence-electron chi connectivity index (χ2n) is 7.58. The van der Waals surface area contributed by atoms with Gasteiger partial charge in [0.15, 0.2) is 0 Å². The molecule has 2 aromatic rings. The van der Waals surface area contributed by atoms with Crippen molar-refractivity contribution in [3.8, 4) is 0 Å². The lowest BCUT2D eigenvalue weighted by atomic mass is 10.2. The Balaban J connectivity index is 1.39. The predicted molar refractivity (Wildman–Crippen MR) is 112 cm³/mol. The molecule has 0 atom stereocenters. The second-order valence-corrected chi connectivity index (χ2v) is 7.58. The van der Waals surface area contributed by atoms with Gasteiger partial charge in [-0.2, -0.15) is 4.98 Å². The number of anilines is 3. The summed E-state index contributed by atoms with van der Waals surface area (Å²) in [5.74, 6) is 1.81. The number of piperazine rings is 1. The first-order valence-electron chi connectivity index (χ1n) is 10.1. The fraction of sp³-hybridized carbons (Fsp3) is 0.476. The Kier molecular flexibility index (Phi) is 5.32. The summed E-state index contributed by atoms with van der Waals surface area (Å²) in [6.45, 7) is 9.01. The molecule has 4 rings (SSSR count). The number of rotatable bonds is 3. The van der Waals surface area contributed by atoms with Crippen LogP contribution in [-0.4, -0.2) is 60.2 Å². The van der Waals surface area contributed by atoms with Crippen molar-refractivity contribution in [2.75, 3.05) is 54.4 Å². The maximum absolute atomic E-state index is 12.6. The van der Waals surface area contributed by atoms with Gasteiger partial charge in [0.25, 0.3) is 0 Å². The Morgan fingerprint density at radius 1 is 0.929 bits per heavy atom. The fourth-order valence-corrected chi connectivity index (χ4v) is 3.80. The Morgan fingerprint density at radius 2 is 1.64 bits per heavy atom. The minimum absolute atomic E-state index is 0.0365. The van der Waals surface area contributed by atoms with Gasteiger partial charge in [-0.05, 0) is 38.3 Å². The molecular formula is C21H28N6O. The van der Waals surface area contributed by atoms with E-state index in [0.717, 1.165) is 54.9 Å². The average Bonchev–Trinajstić information content (AvgIpc) is 3.24. The molecule has 0 bridgehead atoms. The number of aryl methyl sites for hydroxylation is 2. The van der Waals surface area contributed by atoms with E-state index in [-0.39, 0.29) is 6.03 Å². The van der Waals surface area contributed by atoms with Crippen molar-refractivity contribution in [1.82, 2.24) is 14.9 Å². The molecule has 2 aliphatic rings. The molecule has 28 heavy (non-hydrogen) atoms. The zero-order valence-electron chi connectivity index (χ0n) is 16.7. The molecule has 0 saturated carbocycles. The van der Waals surface area contributed by atoms with Gasteiger partial charge >= 0.3 is 6.03 Å². The third-order valence-electron chi connectivity index (χ3n) is 5.50. The normalized spacial score (nSPS) is 17.1. The van der Waals surface area contributed by atoms with Crippen molar-refractivity contribution in [1.29, 1.82) is 0 Å². The van der Waals surface area contributed by atoms with Crippen molar-refractivity contribution in [3.63, 3.8) is 0 Å². The van der Waals surface area contributed by atoms with E-state index in [1.54, 1.807) is 0 Å². The van der Waals surface area contributed by atoms with Crippen molar-refractivity contribution in [3.05, 3.63) is 41.6 Å². The number of carbonyl (C=O) groups is 1. The monoisotopic (exact) mass is 380 g/mol. The lowest BCUT2D eigenvalue weighted by molar-refractivity contribution is 0.208. The topological polar surface area (TPSA) is 64.6 Å². The molecule has 2 fully saturated rings. The van der Waals surface area contributed by atoms with Gasteiger partial charge in [-0.3, -0.25) is 0 Å². The first kappa shape index (κ1) is 18.5. The number of aromatic nitrogens is 2. The molecule has 1 aromatic carbocycles. The molecule has 7 heteroatoms. The molecule has 2 amide bonds. The van der Waals surface area contributed by atoms with E-state index in [2.05, 4.69) is 20.1 Å². The Morgan fingerprint density at radius 3 is 2.36 bits per heavy atom. The number of hydrogen-bond acceptors (Lipinski definition) is 5. The molecular weight excluding hydrogens is 352 g/mol. The fourth-order valence-electron chi connectivity index (χ4n) is 3.80. The van der Waals surface area contributed by atoms with Crippen molar-refractivity contribution in [2.45, 2.75) is 26.7 Å². The molecule has 7 nitrogen and oxygen atoms in total. The van der Waals surface area contributed by atoms with Crippen LogP contribution in [-0.2, 0) is 0 Å². The van der Waals surface area contributed by atoms with Gasteiger partial charge in [0, 0.05) is 56.7 Å². The maximum atomic E-state index is 12.6. The van der Waals surface area contributed by atoms with E-state index in [1.165, 1.54) is 12.8 Å². The average molecular weight is 380 g/mol. The molecule has 1 aromatic heterocycles. The smallest absolute Gasteiger partial charge is 0.321 e. The van der Waals surface area contributed by atoms with Crippen LogP contribution in [0.15, 0.2) is 30.3 Å². The van der Waals surface area contributed by atoms with Crippen molar-refractivity contribution in [2.24, 2.45) is 0 Å². The minimum Gasteiger partial charge on any atom is -0.353 e. The summed E-state index contributed by atoms with van der Waals surface area (Å²) in [4.78, 5) is 28.4. The van der Waals surface area contributed by atoms with E-state index < -0.39 is 0 Å². The first-order chi connectivity index (χ1) is 13.6. The lowest BCUT2D eigenvalue weighted by Crippen LogP contribution is -2.50. The summed E-state index contributed by atoms with van der Waals surface area (Å²) < 4.78 is 0. The summed E-state index contributed by atoms with van der Waals surface area (Å²) in [6.07, 6.45) is 2.42. The van der Waals surface area contributed by atoms with Gasteiger partial charge in [0.05, 0.1) is 0 Å². The van der Waals surface area contributed by atoms with Gasteiger partial charge < -0.3 is 20.0 Å². The van der Waals surface area contributed by atoms with Crippen LogP contribution in [0.2, 0.25) is 0 Å². The van der Waals surface area contributed by atoms with Gasteiger partial charge in [-0.25, -0.2) is 9.78 Å². The molecule has 2 saturated heterocycles. The molecule has 0 aliphatic carbocycles. The zero-order chi connectivity index (χ0) is 19.5. The maximum Gasteiger partial charge on any atom is 0.321 e. The van der Waals surface area contributed by atoms with Gasteiger partial charge in [0.1, 0.15) is 5.82 Å². The molecule has 0 spiro atoms.